The SMILES string of the molecule is Cc1ccc(CN(C)C(=O)[C@H](Cc2ccc3ccccc3c2)NC(=O)[C@H](CC(=O)NCCN2CCNCC2)NC(=O)c2c[nH]c3ccccc23)cc1. The van der Waals surface area contributed by atoms with Crippen molar-refractivity contribution >= 4 is 45.3 Å². The minimum Gasteiger partial charge on any atom is -0.360 e. The van der Waals surface area contributed by atoms with Gasteiger partial charge in [0.15, 0.2) is 0 Å². The molecular formula is C41H47N7O4. The molecule has 2 atom stereocenters. The van der Waals surface area contributed by atoms with Crippen molar-refractivity contribution < 1.29 is 19.2 Å². The third-order valence-corrected chi connectivity index (χ3v) is 9.59. The highest BCUT2D eigenvalue weighted by molar-refractivity contribution is 6.08. The minimum absolute atomic E-state index is 0.216. The van der Waals surface area contributed by atoms with Crippen LogP contribution in [0.1, 0.15) is 33.5 Å². The molecule has 0 saturated carbocycles. The van der Waals surface area contributed by atoms with Crippen LogP contribution < -0.4 is 21.3 Å². The van der Waals surface area contributed by atoms with Crippen LogP contribution >= 0.6 is 0 Å². The van der Waals surface area contributed by atoms with Gasteiger partial charge in [-0.25, -0.2) is 0 Å². The molecule has 4 amide bonds. The van der Waals surface area contributed by atoms with Gasteiger partial charge in [-0.1, -0.05) is 90.5 Å². The first-order valence-corrected chi connectivity index (χ1v) is 17.9. The van der Waals surface area contributed by atoms with Crippen LogP contribution in [0.5, 0.6) is 0 Å². The van der Waals surface area contributed by atoms with Gasteiger partial charge in [0.05, 0.1) is 12.0 Å². The van der Waals surface area contributed by atoms with Gasteiger partial charge in [-0.2, -0.15) is 0 Å². The lowest BCUT2D eigenvalue weighted by Gasteiger charge is -2.28. The second-order valence-corrected chi connectivity index (χ2v) is 13.5. The number of piperazine rings is 1. The fourth-order valence-corrected chi connectivity index (χ4v) is 6.64. The Hall–Kier alpha value is -5.52. The summed E-state index contributed by atoms with van der Waals surface area (Å²) in [5.41, 5.74) is 4.07. The molecule has 0 spiro atoms. The van der Waals surface area contributed by atoms with Gasteiger partial charge in [0.25, 0.3) is 5.91 Å². The topological polar surface area (TPSA) is 139 Å². The Labute approximate surface area is 304 Å². The number of hydrogen-bond donors (Lipinski definition) is 5. The number of carbonyl (C=O) groups excluding carboxylic acids is 4. The highest BCUT2D eigenvalue weighted by Crippen LogP contribution is 2.19. The van der Waals surface area contributed by atoms with E-state index in [2.05, 4.69) is 31.2 Å². The Morgan fingerprint density at radius 3 is 2.33 bits per heavy atom. The van der Waals surface area contributed by atoms with Crippen LogP contribution in [0, 0.1) is 6.92 Å². The number of aromatic amines is 1. The van der Waals surface area contributed by atoms with E-state index >= 15 is 0 Å². The first kappa shape index (κ1) is 36.3. The molecule has 1 aliphatic rings. The van der Waals surface area contributed by atoms with Crippen LogP contribution in [-0.2, 0) is 27.3 Å². The van der Waals surface area contributed by atoms with Crippen molar-refractivity contribution in [2.75, 3.05) is 46.3 Å². The summed E-state index contributed by atoms with van der Waals surface area (Å²) in [6.45, 7) is 7.04. The Balaban J connectivity index is 1.22. The van der Waals surface area contributed by atoms with Gasteiger partial charge in [0, 0.05) is 76.4 Å². The third-order valence-electron chi connectivity index (χ3n) is 9.59. The van der Waals surface area contributed by atoms with E-state index in [9.17, 15) is 19.2 Å². The van der Waals surface area contributed by atoms with Gasteiger partial charge >= 0.3 is 0 Å². The molecule has 1 saturated heterocycles. The second-order valence-electron chi connectivity index (χ2n) is 13.5. The van der Waals surface area contributed by atoms with Crippen LogP contribution in [0.4, 0.5) is 0 Å². The van der Waals surface area contributed by atoms with E-state index in [4.69, 9.17) is 0 Å². The molecule has 6 rings (SSSR count). The molecule has 0 radical (unpaired) electrons. The van der Waals surface area contributed by atoms with E-state index in [0.29, 0.717) is 30.6 Å². The molecule has 11 nitrogen and oxygen atoms in total. The predicted molar refractivity (Wildman–Crippen MR) is 204 cm³/mol. The van der Waals surface area contributed by atoms with Gasteiger partial charge in [-0.3, -0.25) is 24.1 Å². The first-order valence-electron chi connectivity index (χ1n) is 17.9. The highest BCUT2D eigenvalue weighted by atomic mass is 16.2. The minimum atomic E-state index is -1.24. The molecule has 270 valence electrons. The molecule has 0 bridgehead atoms. The van der Waals surface area contributed by atoms with E-state index in [1.807, 2.05) is 97.9 Å². The zero-order valence-electron chi connectivity index (χ0n) is 29.8. The van der Waals surface area contributed by atoms with Crippen molar-refractivity contribution in [2.24, 2.45) is 0 Å². The summed E-state index contributed by atoms with van der Waals surface area (Å²) >= 11 is 0. The van der Waals surface area contributed by atoms with E-state index < -0.39 is 23.9 Å². The maximum Gasteiger partial charge on any atom is 0.254 e. The summed E-state index contributed by atoms with van der Waals surface area (Å²) < 4.78 is 0. The van der Waals surface area contributed by atoms with Gasteiger partial charge in [0.2, 0.25) is 17.7 Å². The number of nitrogens with one attached hydrogen (secondary N) is 5. The zero-order chi connectivity index (χ0) is 36.5. The summed E-state index contributed by atoms with van der Waals surface area (Å²) in [7, 11) is 1.71. The van der Waals surface area contributed by atoms with E-state index in [1.54, 1.807) is 18.1 Å². The number of fused-ring (bicyclic) bond motifs is 2. The molecule has 5 N–H and O–H groups in total. The van der Waals surface area contributed by atoms with Gasteiger partial charge in [-0.05, 0) is 34.9 Å². The zero-order valence-corrected chi connectivity index (χ0v) is 29.8. The normalized spacial score (nSPS) is 14.4. The van der Waals surface area contributed by atoms with Gasteiger partial charge < -0.3 is 31.2 Å². The third kappa shape index (κ3) is 9.42. The Morgan fingerprint density at radius 1 is 0.827 bits per heavy atom. The summed E-state index contributed by atoms with van der Waals surface area (Å²) in [5, 5.41) is 14.8. The number of H-pyrrole nitrogens is 1. The molecule has 2 heterocycles. The number of hydrogen-bond acceptors (Lipinski definition) is 6. The lowest BCUT2D eigenvalue weighted by Crippen LogP contribution is -2.55. The molecule has 1 aromatic heterocycles. The van der Waals surface area contributed by atoms with Crippen molar-refractivity contribution in [2.45, 2.75) is 38.4 Å². The van der Waals surface area contributed by atoms with Crippen molar-refractivity contribution in [3.05, 3.63) is 119 Å². The molecule has 52 heavy (non-hydrogen) atoms. The second kappa shape index (κ2) is 17.1. The van der Waals surface area contributed by atoms with Crippen LogP contribution in [0.25, 0.3) is 21.7 Å². The highest BCUT2D eigenvalue weighted by Gasteiger charge is 2.31. The molecule has 1 aliphatic heterocycles. The standard InChI is InChI=1S/C41H47N7O4/c1-28-11-13-29(14-12-28)27-47(2)41(52)37(24-30-15-16-31-7-3-4-8-32(31)23-30)46-40(51)36(25-38(49)43-19-22-48-20-17-42-18-21-48)45-39(50)34-26-44-35-10-6-5-9-33(34)35/h3-16,23,26,36-37,42,44H,17-22,24-25,27H2,1-2H3,(H,43,49)(H,45,50)(H,46,51)/t36-,37-/m0/s1. The first-order chi connectivity index (χ1) is 25.2. The Morgan fingerprint density at radius 2 is 1.54 bits per heavy atom. The van der Waals surface area contributed by atoms with Crippen molar-refractivity contribution in [1.29, 1.82) is 0 Å². The van der Waals surface area contributed by atoms with Crippen LogP contribution in [0.2, 0.25) is 0 Å². The van der Waals surface area contributed by atoms with Gasteiger partial charge in [0.1, 0.15) is 12.1 Å². The smallest absolute Gasteiger partial charge is 0.254 e. The number of aromatic nitrogens is 1. The van der Waals surface area contributed by atoms with E-state index in [-0.39, 0.29) is 24.7 Å². The molecule has 0 unspecified atom stereocenters. The van der Waals surface area contributed by atoms with E-state index in [0.717, 1.165) is 59.2 Å². The number of aryl methyl sites for hydroxylation is 1. The molecule has 4 aromatic carbocycles. The quantitative estimate of drug-likeness (QED) is 0.120. The van der Waals surface area contributed by atoms with E-state index in [1.165, 1.54) is 0 Å². The molecular weight excluding hydrogens is 654 g/mol. The predicted octanol–water partition coefficient (Wildman–Crippen LogP) is 3.53. The summed E-state index contributed by atoms with van der Waals surface area (Å²) in [6.07, 6.45) is 1.51. The number of rotatable bonds is 14. The lowest BCUT2D eigenvalue weighted by atomic mass is 10.00. The number of likely N-dealkylation sites (N-methyl/N-ethyl adjacent to an activating group) is 1. The van der Waals surface area contributed by atoms with Crippen molar-refractivity contribution in [3.63, 3.8) is 0 Å². The maximum absolute atomic E-state index is 14.2. The number of para-hydroxylation sites is 1. The van der Waals surface area contributed by atoms with Gasteiger partial charge in [-0.15, -0.1) is 0 Å². The van der Waals surface area contributed by atoms with Crippen molar-refractivity contribution in [3.8, 4) is 0 Å². The largest absolute Gasteiger partial charge is 0.360 e. The molecule has 5 aromatic rings. The number of benzene rings is 4. The van der Waals surface area contributed by atoms with Crippen molar-refractivity contribution in [1.82, 2.24) is 36.1 Å². The Kier molecular flexibility index (Phi) is 11.9. The average Bonchev–Trinajstić information content (AvgIpc) is 3.60. The molecule has 1 fully saturated rings. The van der Waals surface area contributed by atoms with Crippen LogP contribution in [-0.4, -0.2) is 96.8 Å². The van der Waals surface area contributed by atoms with Crippen LogP contribution in [0.15, 0.2) is 97.2 Å². The lowest BCUT2D eigenvalue weighted by molar-refractivity contribution is -0.136. The summed E-state index contributed by atoms with van der Waals surface area (Å²) in [5.74, 6) is -1.78. The average molecular weight is 702 g/mol. The van der Waals surface area contributed by atoms with Crippen LogP contribution in [0.3, 0.4) is 0 Å². The number of nitrogens with zero attached hydrogens (tertiary/aromatic N) is 2. The Bertz CT molecular complexity index is 2020. The summed E-state index contributed by atoms with van der Waals surface area (Å²) in [4.78, 5) is 62.3. The monoisotopic (exact) mass is 701 g/mol. The fraction of sp³-hybridized carbons (Fsp3) is 0.317. The summed E-state index contributed by atoms with van der Waals surface area (Å²) in [6, 6.07) is 27.1. The number of amides is 4. The molecule has 11 heteroatoms. The fourth-order valence-electron chi connectivity index (χ4n) is 6.64. The molecule has 0 aliphatic carbocycles. The number of carbonyl (C=O) groups is 4. The maximum atomic E-state index is 14.2.